The van der Waals surface area contributed by atoms with Gasteiger partial charge in [0.25, 0.3) is 0 Å². The number of aromatic nitrogens is 2. The molecule has 0 radical (unpaired) electrons. The second kappa shape index (κ2) is 8.74. The van der Waals surface area contributed by atoms with Crippen molar-refractivity contribution < 1.29 is 5.11 Å². The Balaban J connectivity index is 1.35. The van der Waals surface area contributed by atoms with Crippen LogP contribution in [0.2, 0.25) is 0 Å². The molecule has 2 aliphatic heterocycles. The van der Waals surface area contributed by atoms with E-state index in [1.807, 2.05) is 19.3 Å². The Morgan fingerprint density at radius 1 is 1.17 bits per heavy atom. The number of hydrogen-bond donors (Lipinski definition) is 2. The van der Waals surface area contributed by atoms with E-state index in [1.54, 1.807) is 0 Å². The molecule has 2 aliphatic rings. The zero-order valence-electron chi connectivity index (χ0n) is 14.8. The van der Waals surface area contributed by atoms with Gasteiger partial charge in [-0.1, -0.05) is 0 Å². The number of rotatable bonds is 7. The third kappa shape index (κ3) is 5.13. The summed E-state index contributed by atoms with van der Waals surface area (Å²) in [5.41, 5.74) is 1.16. The maximum Gasteiger partial charge on any atom is 0.225 e. The molecule has 2 saturated heterocycles. The van der Waals surface area contributed by atoms with Gasteiger partial charge in [-0.15, -0.1) is 0 Å². The van der Waals surface area contributed by atoms with E-state index in [2.05, 4.69) is 25.1 Å². The standard InChI is InChI=1S/C18H31N5O/c1-15(24)14-22-8-4-16(5-9-22)10-19-11-17-12-20-18(21-13-17)23-6-2-3-7-23/h12-13,15-16,19,24H,2-11,14H2,1H3/t15-/m0/s1. The van der Waals surface area contributed by atoms with Gasteiger partial charge < -0.3 is 20.2 Å². The summed E-state index contributed by atoms with van der Waals surface area (Å²) < 4.78 is 0. The summed E-state index contributed by atoms with van der Waals surface area (Å²) in [5.74, 6) is 1.61. The van der Waals surface area contributed by atoms with Crippen molar-refractivity contribution >= 4 is 5.95 Å². The average molecular weight is 333 g/mol. The van der Waals surface area contributed by atoms with Crippen molar-refractivity contribution in [1.29, 1.82) is 0 Å². The summed E-state index contributed by atoms with van der Waals surface area (Å²) >= 11 is 0. The summed E-state index contributed by atoms with van der Waals surface area (Å²) in [4.78, 5) is 13.6. The molecule has 2 N–H and O–H groups in total. The fraction of sp³-hybridized carbons (Fsp3) is 0.778. The van der Waals surface area contributed by atoms with Gasteiger partial charge in [0.2, 0.25) is 5.95 Å². The van der Waals surface area contributed by atoms with E-state index in [4.69, 9.17) is 0 Å². The molecule has 1 aromatic heterocycles. The lowest BCUT2D eigenvalue weighted by Gasteiger charge is -2.32. The van der Waals surface area contributed by atoms with Gasteiger partial charge in [0.05, 0.1) is 6.10 Å². The van der Waals surface area contributed by atoms with E-state index >= 15 is 0 Å². The van der Waals surface area contributed by atoms with Crippen molar-refractivity contribution in [3.63, 3.8) is 0 Å². The lowest BCUT2D eigenvalue weighted by molar-refractivity contribution is 0.0998. The van der Waals surface area contributed by atoms with Gasteiger partial charge in [0.1, 0.15) is 0 Å². The molecule has 1 aromatic rings. The molecule has 3 rings (SSSR count). The van der Waals surface area contributed by atoms with Crippen LogP contribution in [-0.2, 0) is 6.54 Å². The molecule has 0 aromatic carbocycles. The molecule has 0 amide bonds. The van der Waals surface area contributed by atoms with Gasteiger partial charge in [0, 0.05) is 44.1 Å². The van der Waals surface area contributed by atoms with E-state index in [-0.39, 0.29) is 6.10 Å². The number of β-amino-alcohol motifs (C(OH)–C–C–N with tert-alkyl or cyclic N) is 1. The summed E-state index contributed by atoms with van der Waals surface area (Å²) in [6, 6.07) is 0. The highest BCUT2D eigenvalue weighted by Crippen LogP contribution is 2.17. The Morgan fingerprint density at radius 2 is 1.83 bits per heavy atom. The number of aliphatic hydroxyl groups excluding tert-OH is 1. The number of hydrogen-bond acceptors (Lipinski definition) is 6. The highest BCUT2D eigenvalue weighted by atomic mass is 16.3. The van der Waals surface area contributed by atoms with Gasteiger partial charge in [-0.05, 0) is 58.2 Å². The summed E-state index contributed by atoms with van der Waals surface area (Å²) in [7, 11) is 0. The van der Waals surface area contributed by atoms with E-state index in [0.29, 0.717) is 0 Å². The van der Waals surface area contributed by atoms with Gasteiger partial charge in [0.15, 0.2) is 0 Å². The van der Waals surface area contributed by atoms with Crippen molar-refractivity contribution in [3.8, 4) is 0 Å². The third-order valence-electron chi connectivity index (χ3n) is 5.07. The van der Waals surface area contributed by atoms with Crippen molar-refractivity contribution in [3.05, 3.63) is 18.0 Å². The van der Waals surface area contributed by atoms with Crippen molar-refractivity contribution in [1.82, 2.24) is 20.2 Å². The highest BCUT2D eigenvalue weighted by molar-refractivity contribution is 5.30. The minimum absolute atomic E-state index is 0.219. The van der Waals surface area contributed by atoms with Gasteiger partial charge in [-0.3, -0.25) is 0 Å². The molecule has 6 nitrogen and oxygen atoms in total. The Kier molecular flexibility index (Phi) is 6.40. The Morgan fingerprint density at radius 3 is 2.46 bits per heavy atom. The smallest absolute Gasteiger partial charge is 0.225 e. The lowest BCUT2D eigenvalue weighted by Crippen LogP contribution is -2.40. The van der Waals surface area contributed by atoms with Gasteiger partial charge in [-0.25, -0.2) is 9.97 Å². The van der Waals surface area contributed by atoms with E-state index in [1.165, 1.54) is 25.7 Å². The minimum Gasteiger partial charge on any atom is -0.392 e. The first-order chi connectivity index (χ1) is 11.7. The van der Waals surface area contributed by atoms with Crippen LogP contribution in [0, 0.1) is 5.92 Å². The predicted octanol–water partition coefficient (Wildman–Crippen LogP) is 1.26. The molecule has 134 valence electrons. The van der Waals surface area contributed by atoms with Crippen LogP contribution in [0.1, 0.15) is 38.2 Å². The summed E-state index contributed by atoms with van der Waals surface area (Å²) in [6.45, 7) is 8.95. The monoisotopic (exact) mass is 333 g/mol. The molecule has 0 aliphatic carbocycles. The van der Waals surface area contributed by atoms with Crippen LogP contribution in [0.15, 0.2) is 12.4 Å². The van der Waals surface area contributed by atoms with Crippen molar-refractivity contribution in [2.75, 3.05) is 44.2 Å². The first-order valence-corrected chi connectivity index (χ1v) is 9.37. The maximum absolute atomic E-state index is 9.46. The fourth-order valence-electron chi connectivity index (χ4n) is 3.69. The minimum atomic E-state index is -0.219. The zero-order valence-corrected chi connectivity index (χ0v) is 14.8. The second-order valence-corrected chi connectivity index (χ2v) is 7.31. The topological polar surface area (TPSA) is 64.5 Å². The molecule has 24 heavy (non-hydrogen) atoms. The van der Waals surface area contributed by atoms with Crippen LogP contribution in [0.5, 0.6) is 0 Å². The van der Waals surface area contributed by atoms with Crippen LogP contribution in [-0.4, -0.2) is 65.3 Å². The number of likely N-dealkylation sites (tertiary alicyclic amines) is 1. The third-order valence-corrected chi connectivity index (χ3v) is 5.07. The van der Waals surface area contributed by atoms with E-state index < -0.39 is 0 Å². The van der Waals surface area contributed by atoms with Crippen LogP contribution >= 0.6 is 0 Å². The molecule has 0 unspecified atom stereocenters. The largest absolute Gasteiger partial charge is 0.392 e. The SMILES string of the molecule is C[C@H](O)CN1CCC(CNCc2cnc(N3CCCC3)nc2)CC1. The van der Waals surface area contributed by atoms with Crippen LogP contribution < -0.4 is 10.2 Å². The molecule has 0 spiro atoms. The van der Waals surface area contributed by atoms with E-state index in [0.717, 1.165) is 63.2 Å². The van der Waals surface area contributed by atoms with Crippen LogP contribution in [0.25, 0.3) is 0 Å². The number of anilines is 1. The number of nitrogens with zero attached hydrogens (tertiary/aromatic N) is 4. The maximum atomic E-state index is 9.46. The van der Waals surface area contributed by atoms with E-state index in [9.17, 15) is 5.11 Å². The summed E-state index contributed by atoms with van der Waals surface area (Å²) in [6.07, 6.45) is 8.63. The Hall–Kier alpha value is -1.24. The second-order valence-electron chi connectivity index (χ2n) is 7.31. The van der Waals surface area contributed by atoms with Crippen LogP contribution in [0.3, 0.4) is 0 Å². The molecule has 1 atom stereocenters. The molecule has 2 fully saturated rings. The van der Waals surface area contributed by atoms with Crippen molar-refractivity contribution in [2.45, 2.75) is 45.3 Å². The molecular formula is C18H31N5O. The Labute approximate surface area is 145 Å². The number of nitrogens with one attached hydrogen (secondary N) is 1. The number of piperidine rings is 1. The molecular weight excluding hydrogens is 302 g/mol. The Bertz CT molecular complexity index is 479. The van der Waals surface area contributed by atoms with Gasteiger partial charge >= 0.3 is 0 Å². The first kappa shape index (κ1) is 17.6. The molecule has 3 heterocycles. The highest BCUT2D eigenvalue weighted by Gasteiger charge is 2.19. The van der Waals surface area contributed by atoms with Crippen molar-refractivity contribution in [2.24, 2.45) is 5.92 Å². The van der Waals surface area contributed by atoms with Gasteiger partial charge in [-0.2, -0.15) is 0 Å². The zero-order chi connectivity index (χ0) is 16.8. The fourth-order valence-corrected chi connectivity index (χ4v) is 3.69. The average Bonchev–Trinajstić information content (AvgIpc) is 3.11. The molecule has 6 heteroatoms. The number of aliphatic hydroxyl groups is 1. The summed E-state index contributed by atoms with van der Waals surface area (Å²) in [5, 5.41) is 13.0. The lowest BCUT2D eigenvalue weighted by atomic mass is 9.96. The molecule has 0 saturated carbocycles. The normalized spacial score (nSPS) is 21.3. The first-order valence-electron chi connectivity index (χ1n) is 9.37. The predicted molar refractivity (Wildman–Crippen MR) is 96.0 cm³/mol. The quantitative estimate of drug-likeness (QED) is 0.783. The molecule has 0 bridgehead atoms. The van der Waals surface area contributed by atoms with Crippen LogP contribution in [0.4, 0.5) is 5.95 Å².